The number of pyridine rings is 1. The van der Waals surface area contributed by atoms with E-state index in [-0.39, 0.29) is 5.78 Å². The highest BCUT2D eigenvalue weighted by Crippen LogP contribution is 2.43. The van der Waals surface area contributed by atoms with Crippen molar-refractivity contribution in [2.75, 3.05) is 7.11 Å². The first-order valence-electron chi connectivity index (χ1n) is 9.98. The molecule has 154 valence electrons. The number of hydrogen-bond acceptors (Lipinski definition) is 4. The maximum Gasteiger partial charge on any atom is 0.175 e. The van der Waals surface area contributed by atoms with Crippen LogP contribution in [0.15, 0.2) is 54.6 Å². The monoisotopic (exact) mass is 421 g/mol. The van der Waals surface area contributed by atoms with Crippen molar-refractivity contribution >= 4 is 17.4 Å². The predicted molar refractivity (Wildman–Crippen MR) is 118 cm³/mol. The fourth-order valence-electron chi connectivity index (χ4n) is 4.06. The third-order valence-electron chi connectivity index (χ3n) is 5.90. The van der Waals surface area contributed by atoms with Crippen LogP contribution in [0.4, 0.5) is 0 Å². The van der Waals surface area contributed by atoms with Crippen LogP contribution in [0, 0.1) is 6.92 Å². The molecule has 2 aromatic carbocycles. The number of rotatable bonds is 5. The quantitative estimate of drug-likeness (QED) is 0.494. The number of methoxy groups -OCH3 is 1. The SMILES string of the molecule is COc1ccc(COc2c(C)cccc2C2(C)CCc3nc(Cl)ccc3C2=O)cc1. The summed E-state index contributed by atoms with van der Waals surface area (Å²) in [6, 6.07) is 17.3. The Hall–Kier alpha value is -2.85. The van der Waals surface area contributed by atoms with Gasteiger partial charge in [-0.3, -0.25) is 4.79 Å². The topological polar surface area (TPSA) is 48.4 Å². The molecule has 0 saturated heterocycles. The molecule has 1 aromatic heterocycles. The average Bonchev–Trinajstić information content (AvgIpc) is 2.76. The number of carbonyl (C=O) groups is 1. The first kappa shape index (κ1) is 20.4. The second-order valence-electron chi connectivity index (χ2n) is 7.88. The number of aromatic nitrogens is 1. The van der Waals surface area contributed by atoms with Gasteiger partial charge in [0.25, 0.3) is 0 Å². The summed E-state index contributed by atoms with van der Waals surface area (Å²) >= 11 is 6.03. The molecule has 1 aliphatic rings. The Morgan fingerprint density at radius 1 is 1.10 bits per heavy atom. The predicted octanol–water partition coefficient (Wildman–Crippen LogP) is 5.72. The van der Waals surface area contributed by atoms with E-state index in [9.17, 15) is 4.79 Å². The maximum atomic E-state index is 13.5. The summed E-state index contributed by atoms with van der Waals surface area (Å²) in [5, 5.41) is 0.421. The number of carbonyl (C=O) groups excluding carboxylic acids is 1. The van der Waals surface area contributed by atoms with Crippen molar-refractivity contribution in [3.63, 3.8) is 0 Å². The molecule has 4 nitrogen and oxygen atoms in total. The number of aryl methyl sites for hydroxylation is 2. The first-order valence-corrected chi connectivity index (χ1v) is 10.4. The van der Waals surface area contributed by atoms with E-state index in [1.165, 1.54) is 0 Å². The van der Waals surface area contributed by atoms with E-state index in [4.69, 9.17) is 21.1 Å². The Morgan fingerprint density at radius 2 is 1.87 bits per heavy atom. The molecule has 1 atom stereocenters. The van der Waals surface area contributed by atoms with Gasteiger partial charge in [-0.1, -0.05) is 41.9 Å². The normalized spacial score (nSPS) is 18.1. The van der Waals surface area contributed by atoms with Gasteiger partial charge in [0, 0.05) is 11.1 Å². The van der Waals surface area contributed by atoms with E-state index >= 15 is 0 Å². The van der Waals surface area contributed by atoms with Gasteiger partial charge in [-0.25, -0.2) is 4.98 Å². The summed E-state index contributed by atoms with van der Waals surface area (Å²) in [6.45, 7) is 4.43. The molecule has 1 unspecified atom stereocenters. The van der Waals surface area contributed by atoms with Crippen LogP contribution in [0.3, 0.4) is 0 Å². The first-order chi connectivity index (χ1) is 14.4. The molecular weight excluding hydrogens is 398 g/mol. The van der Waals surface area contributed by atoms with Crippen LogP contribution in [0.2, 0.25) is 5.15 Å². The lowest BCUT2D eigenvalue weighted by Gasteiger charge is -2.35. The number of Topliss-reactive ketones (excluding diaryl/α,β-unsaturated/α-hetero) is 1. The zero-order valence-electron chi connectivity index (χ0n) is 17.4. The Labute approximate surface area is 181 Å². The van der Waals surface area contributed by atoms with Crippen LogP contribution in [0.25, 0.3) is 0 Å². The molecule has 0 bridgehead atoms. The third-order valence-corrected chi connectivity index (χ3v) is 6.11. The van der Waals surface area contributed by atoms with E-state index < -0.39 is 5.41 Å². The van der Waals surface area contributed by atoms with Crippen LogP contribution in [-0.2, 0) is 18.4 Å². The third kappa shape index (κ3) is 3.68. The molecule has 0 radical (unpaired) electrons. The minimum atomic E-state index is -0.677. The molecule has 1 aliphatic carbocycles. The van der Waals surface area contributed by atoms with Gasteiger partial charge in [-0.2, -0.15) is 0 Å². The van der Waals surface area contributed by atoms with E-state index in [1.54, 1.807) is 19.2 Å². The van der Waals surface area contributed by atoms with Gasteiger partial charge in [0.05, 0.1) is 18.2 Å². The van der Waals surface area contributed by atoms with Gasteiger partial charge >= 0.3 is 0 Å². The van der Waals surface area contributed by atoms with Gasteiger partial charge < -0.3 is 9.47 Å². The van der Waals surface area contributed by atoms with Gasteiger partial charge in [0.2, 0.25) is 0 Å². The molecule has 4 rings (SSSR count). The van der Waals surface area contributed by atoms with Gasteiger partial charge in [0.15, 0.2) is 5.78 Å². The summed E-state index contributed by atoms with van der Waals surface area (Å²) in [4.78, 5) is 17.9. The minimum absolute atomic E-state index is 0.0628. The largest absolute Gasteiger partial charge is 0.497 e. The highest BCUT2D eigenvalue weighted by molar-refractivity contribution is 6.29. The van der Waals surface area contributed by atoms with E-state index in [2.05, 4.69) is 4.98 Å². The summed E-state index contributed by atoms with van der Waals surface area (Å²) in [5.74, 6) is 1.64. The van der Waals surface area contributed by atoms with Crippen molar-refractivity contribution in [2.24, 2.45) is 0 Å². The lowest BCUT2D eigenvalue weighted by atomic mass is 9.68. The fourth-order valence-corrected chi connectivity index (χ4v) is 4.23. The van der Waals surface area contributed by atoms with Crippen LogP contribution in [-0.4, -0.2) is 17.9 Å². The van der Waals surface area contributed by atoms with Crippen molar-refractivity contribution in [3.8, 4) is 11.5 Å². The van der Waals surface area contributed by atoms with Crippen LogP contribution >= 0.6 is 11.6 Å². The number of nitrogens with zero attached hydrogens (tertiary/aromatic N) is 1. The number of fused-ring (bicyclic) bond motifs is 1. The summed E-state index contributed by atoms with van der Waals surface area (Å²) in [5.41, 5.74) is 3.71. The van der Waals surface area contributed by atoms with Crippen LogP contribution in [0.5, 0.6) is 11.5 Å². The van der Waals surface area contributed by atoms with Gasteiger partial charge in [0.1, 0.15) is 23.3 Å². The molecule has 0 amide bonds. The maximum absolute atomic E-state index is 13.5. The lowest BCUT2D eigenvalue weighted by Crippen LogP contribution is -2.38. The molecule has 0 fully saturated rings. The van der Waals surface area contributed by atoms with Crippen molar-refractivity contribution < 1.29 is 14.3 Å². The van der Waals surface area contributed by atoms with Gasteiger partial charge in [-0.05, 0) is 62.1 Å². The highest BCUT2D eigenvalue weighted by atomic mass is 35.5. The summed E-state index contributed by atoms with van der Waals surface area (Å²) in [7, 11) is 1.65. The lowest BCUT2D eigenvalue weighted by molar-refractivity contribution is 0.0870. The zero-order valence-corrected chi connectivity index (χ0v) is 18.1. The van der Waals surface area contributed by atoms with Crippen molar-refractivity contribution in [1.29, 1.82) is 0 Å². The van der Waals surface area contributed by atoms with E-state index in [1.807, 2.05) is 56.3 Å². The smallest absolute Gasteiger partial charge is 0.175 e. The number of halogens is 1. The van der Waals surface area contributed by atoms with Crippen LogP contribution in [0.1, 0.15) is 46.1 Å². The minimum Gasteiger partial charge on any atom is -0.497 e. The number of ketones is 1. The second-order valence-corrected chi connectivity index (χ2v) is 8.27. The molecule has 1 heterocycles. The number of benzene rings is 2. The Kier molecular flexibility index (Phi) is 5.52. The molecule has 0 saturated carbocycles. The molecule has 0 aliphatic heterocycles. The Bertz CT molecular complexity index is 1090. The molecular formula is C25H24ClNO3. The fraction of sp³-hybridized carbons (Fsp3) is 0.280. The highest BCUT2D eigenvalue weighted by Gasteiger charge is 2.42. The zero-order chi connectivity index (χ0) is 21.3. The molecule has 30 heavy (non-hydrogen) atoms. The average molecular weight is 422 g/mol. The van der Waals surface area contributed by atoms with Crippen molar-refractivity contribution in [2.45, 2.75) is 38.7 Å². The standard InChI is InChI=1S/C25H24ClNO3/c1-16-5-4-6-20(23(16)30-15-17-7-9-18(29-3)10-8-17)25(2)14-13-21-19(24(25)28)11-12-22(26)27-21/h4-12H,13-15H2,1-3H3. The van der Waals surface area contributed by atoms with E-state index in [0.29, 0.717) is 30.2 Å². The summed E-state index contributed by atoms with van der Waals surface area (Å²) < 4.78 is 11.5. The number of ether oxygens (including phenoxy) is 2. The second kappa shape index (κ2) is 8.11. The van der Waals surface area contributed by atoms with Crippen molar-refractivity contribution in [3.05, 3.63) is 87.7 Å². The number of hydrogen-bond donors (Lipinski definition) is 0. The molecule has 0 N–H and O–H groups in total. The van der Waals surface area contributed by atoms with Crippen molar-refractivity contribution in [1.82, 2.24) is 4.98 Å². The van der Waals surface area contributed by atoms with Crippen LogP contribution < -0.4 is 9.47 Å². The van der Waals surface area contributed by atoms with E-state index in [0.717, 1.165) is 33.9 Å². The summed E-state index contributed by atoms with van der Waals surface area (Å²) in [6.07, 6.45) is 1.36. The molecule has 0 spiro atoms. The number of para-hydroxylation sites is 1. The van der Waals surface area contributed by atoms with Gasteiger partial charge in [-0.15, -0.1) is 0 Å². The Morgan fingerprint density at radius 3 is 2.60 bits per heavy atom. The Balaban J connectivity index is 1.66. The molecule has 3 aromatic rings. The molecule has 5 heteroatoms.